The van der Waals surface area contributed by atoms with Crippen LogP contribution in [0.15, 0.2) is 54.6 Å². The molecular formula is C27H28ClN3O2. The lowest BCUT2D eigenvalue weighted by atomic mass is 9.92. The average molecular weight is 462 g/mol. The lowest BCUT2D eigenvalue weighted by Gasteiger charge is -2.16. The van der Waals surface area contributed by atoms with Gasteiger partial charge in [0.15, 0.2) is 0 Å². The van der Waals surface area contributed by atoms with Crippen molar-refractivity contribution in [2.45, 2.75) is 32.7 Å². The maximum atomic E-state index is 13.4. The molecule has 3 aromatic carbocycles. The molecule has 2 N–H and O–H groups in total. The van der Waals surface area contributed by atoms with Crippen molar-refractivity contribution in [3.05, 3.63) is 87.4 Å². The van der Waals surface area contributed by atoms with E-state index >= 15 is 0 Å². The Morgan fingerprint density at radius 2 is 1.64 bits per heavy atom. The van der Waals surface area contributed by atoms with Crippen LogP contribution < -0.4 is 10.6 Å². The molecule has 0 aliphatic heterocycles. The van der Waals surface area contributed by atoms with Crippen molar-refractivity contribution in [2.75, 3.05) is 19.4 Å². The number of halogens is 1. The van der Waals surface area contributed by atoms with Crippen LogP contribution in [0, 0.1) is 13.8 Å². The molecule has 170 valence electrons. The molecule has 0 radical (unpaired) electrons. The standard InChI is InChI=1S/C27H28ClN3O2/c1-16-11-17(2)25(18-5-8-21(28)9-6-18)24(12-16)26(32)29-22-10-7-19-13-23(15-20(19)14-22)30-27(33)31(3)4/h5-12,14,23H,13,15H2,1-4H3,(H,29,32)(H,30,33). The Balaban J connectivity index is 1.57. The van der Waals surface area contributed by atoms with Gasteiger partial charge in [-0.3, -0.25) is 4.79 Å². The number of anilines is 1. The van der Waals surface area contributed by atoms with E-state index in [0.717, 1.165) is 46.3 Å². The monoisotopic (exact) mass is 461 g/mol. The average Bonchev–Trinajstić information content (AvgIpc) is 3.15. The van der Waals surface area contributed by atoms with Gasteiger partial charge < -0.3 is 15.5 Å². The molecule has 5 nitrogen and oxygen atoms in total. The highest BCUT2D eigenvalue weighted by molar-refractivity contribution is 6.30. The summed E-state index contributed by atoms with van der Waals surface area (Å²) in [5, 5.41) is 6.78. The third kappa shape index (κ3) is 5.04. The first kappa shape index (κ1) is 22.9. The molecule has 6 heteroatoms. The van der Waals surface area contributed by atoms with Crippen LogP contribution in [0.3, 0.4) is 0 Å². The van der Waals surface area contributed by atoms with Crippen LogP contribution in [0.25, 0.3) is 11.1 Å². The van der Waals surface area contributed by atoms with Gasteiger partial charge in [-0.1, -0.05) is 41.4 Å². The first-order valence-corrected chi connectivity index (χ1v) is 11.4. The van der Waals surface area contributed by atoms with E-state index in [1.165, 1.54) is 10.5 Å². The molecule has 1 aliphatic rings. The number of rotatable bonds is 4. The molecule has 3 amide bonds. The normalized spacial score (nSPS) is 14.5. The maximum absolute atomic E-state index is 13.4. The van der Waals surface area contributed by atoms with Crippen molar-refractivity contribution < 1.29 is 9.59 Å². The van der Waals surface area contributed by atoms with Crippen molar-refractivity contribution in [3.8, 4) is 11.1 Å². The highest BCUT2D eigenvalue weighted by Gasteiger charge is 2.24. The molecule has 33 heavy (non-hydrogen) atoms. The van der Waals surface area contributed by atoms with Crippen LogP contribution in [-0.2, 0) is 12.8 Å². The number of fused-ring (bicyclic) bond motifs is 1. The van der Waals surface area contributed by atoms with Gasteiger partial charge in [-0.2, -0.15) is 0 Å². The first-order chi connectivity index (χ1) is 15.7. The molecule has 0 saturated heterocycles. The molecule has 0 saturated carbocycles. The number of carbonyl (C=O) groups excluding carboxylic acids is 2. The highest BCUT2D eigenvalue weighted by Crippen LogP contribution is 2.31. The Labute approximate surface area is 199 Å². The fourth-order valence-corrected chi connectivity index (χ4v) is 4.57. The molecule has 1 unspecified atom stereocenters. The number of nitrogens with one attached hydrogen (secondary N) is 2. The lowest BCUT2D eigenvalue weighted by molar-refractivity contribution is 0.102. The summed E-state index contributed by atoms with van der Waals surface area (Å²) in [6.07, 6.45) is 1.54. The van der Waals surface area contributed by atoms with E-state index in [4.69, 9.17) is 11.6 Å². The summed E-state index contributed by atoms with van der Waals surface area (Å²) < 4.78 is 0. The van der Waals surface area contributed by atoms with Gasteiger partial charge in [-0.05, 0) is 84.8 Å². The van der Waals surface area contributed by atoms with Gasteiger partial charge in [-0.25, -0.2) is 4.79 Å². The molecular weight excluding hydrogens is 434 g/mol. The van der Waals surface area contributed by atoms with Crippen LogP contribution in [0.2, 0.25) is 5.02 Å². The Morgan fingerprint density at radius 3 is 2.33 bits per heavy atom. The Bertz CT molecular complexity index is 1220. The summed E-state index contributed by atoms with van der Waals surface area (Å²) >= 11 is 6.07. The minimum Gasteiger partial charge on any atom is -0.335 e. The van der Waals surface area contributed by atoms with E-state index in [2.05, 4.69) is 16.7 Å². The number of urea groups is 1. The summed E-state index contributed by atoms with van der Waals surface area (Å²) in [7, 11) is 3.47. The van der Waals surface area contributed by atoms with Gasteiger partial charge in [0.05, 0.1) is 0 Å². The van der Waals surface area contributed by atoms with Gasteiger partial charge in [0.1, 0.15) is 0 Å². The van der Waals surface area contributed by atoms with Crippen LogP contribution in [0.4, 0.5) is 10.5 Å². The zero-order valence-electron chi connectivity index (χ0n) is 19.3. The molecule has 0 heterocycles. The van der Waals surface area contributed by atoms with Gasteiger partial charge in [0.25, 0.3) is 5.91 Å². The fourth-order valence-electron chi connectivity index (χ4n) is 4.45. The van der Waals surface area contributed by atoms with Crippen LogP contribution in [0.5, 0.6) is 0 Å². The van der Waals surface area contributed by atoms with E-state index < -0.39 is 0 Å². The number of aryl methyl sites for hydroxylation is 2. The summed E-state index contributed by atoms with van der Waals surface area (Å²) in [5.41, 5.74) is 7.66. The number of nitrogens with zero attached hydrogens (tertiary/aromatic N) is 1. The fraction of sp³-hybridized carbons (Fsp3) is 0.259. The molecule has 0 spiro atoms. The molecule has 0 fully saturated rings. The Hall–Kier alpha value is -3.31. The number of amides is 3. The van der Waals surface area contributed by atoms with Crippen molar-refractivity contribution in [3.63, 3.8) is 0 Å². The zero-order valence-corrected chi connectivity index (χ0v) is 20.1. The van der Waals surface area contributed by atoms with Crippen LogP contribution in [0.1, 0.15) is 32.6 Å². The summed E-state index contributed by atoms with van der Waals surface area (Å²) in [5.74, 6) is -0.151. The smallest absolute Gasteiger partial charge is 0.317 e. The molecule has 1 atom stereocenters. The third-order valence-corrected chi connectivity index (χ3v) is 6.24. The van der Waals surface area contributed by atoms with Gasteiger partial charge in [-0.15, -0.1) is 0 Å². The quantitative estimate of drug-likeness (QED) is 0.530. The van der Waals surface area contributed by atoms with Gasteiger partial charge in [0, 0.05) is 36.4 Å². The van der Waals surface area contributed by atoms with E-state index in [9.17, 15) is 9.59 Å². The van der Waals surface area contributed by atoms with E-state index in [0.29, 0.717) is 10.6 Å². The highest BCUT2D eigenvalue weighted by atomic mass is 35.5. The molecule has 1 aliphatic carbocycles. The SMILES string of the molecule is Cc1cc(C)c(-c2ccc(Cl)cc2)c(C(=O)Nc2ccc3c(c2)CC(NC(=O)N(C)C)C3)c1. The minimum atomic E-state index is -0.151. The van der Waals surface area contributed by atoms with Gasteiger partial charge >= 0.3 is 6.03 Å². The lowest BCUT2D eigenvalue weighted by Crippen LogP contribution is -2.41. The molecule has 0 aromatic heterocycles. The third-order valence-electron chi connectivity index (χ3n) is 5.99. The van der Waals surface area contributed by atoms with Crippen molar-refractivity contribution in [2.24, 2.45) is 0 Å². The van der Waals surface area contributed by atoms with Crippen LogP contribution >= 0.6 is 11.6 Å². The van der Waals surface area contributed by atoms with E-state index in [1.807, 2.05) is 62.4 Å². The summed E-state index contributed by atoms with van der Waals surface area (Å²) in [4.78, 5) is 26.9. The zero-order chi connectivity index (χ0) is 23.7. The van der Waals surface area contributed by atoms with Gasteiger partial charge in [0.2, 0.25) is 0 Å². The Morgan fingerprint density at radius 1 is 0.939 bits per heavy atom. The number of carbonyl (C=O) groups is 2. The molecule has 3 aromatic rings. The topological polar surface area (TPSA) is 61.4 Å². The van der Waals surface area contributed by atoms with Crippen molar-refractivity contribution >= 4 is 29.2 Å². The predicted molar refractivity (Wildman–Crippen MR) is 134 cm³/mol. The van der Waals surface area contributed by atoms with E-state index in [1.54, 1.807) is 14.1 Å². The van der Waals surface area contributed by atoms with Crippen molar-refractivity contribution in [1.29, 1.82) is 0 Å². The Kier molecular flexibility index (Phi) is 6.43. The largest absolute Gasteiger partial charge is 0.335 e. The second-order valence-electron chi connectivity index (χ2n) is 8.90. The maximum Gasteiger partial charge on any atom is 0.317 e. The molecule has 4 rings (SSSR count). The minimum absolute atomic E-state index is 0.0665. The first-order valence-electron chi connectivity index (χ1n) is 11.0. The number of benzene rings is 3. The predicted octanol–water partition coefficient (Wildman–Crippen LogP) is 5.61. The number of hydrogen-bond donors (Lipinski definition) is 2. The number of hydrogen-bond acceptors (Lipinski definition) is 2. The second-order valence-corrected chi connectivity index (χ2v) is 9.33. The van der Waals surface area contributed by atoms with Crippen molar-refractivity contribution in [1.82, 2.24) is 10.2 Å². The summed E-state index contributed by atoms with van der Waals surface area (Å²) in [6, 6.07) is 17.5. The second kappa shape index (κ2) is 9.28. The van der Waals surface area contributed by atoms with E-state index in [-0.39, 0.29) is 18.0 Å². The molecule has 0 bridgehead atoms. The van der Waals surface area contributed by atoms with Crippen LogP contribution in [-0.4, -0.2) is 37.0 Å². The summed E-state index contributed by atoms with van der Waals surface area (Å²) in [6.45, 7) is 4.01.